The minimum Gasteiger partial charge on any atom is -0.462 e. The minimum atomic E-state index is -3.79. The predicted molar refractivity (Wildman–Crippen MR) is 94.1 cm³/mol. The van der Waals surface area contributed by atoms with E-state index in [2.05, 4.69) is 4.74 Å². The molecular formula is C18H19F2NO5S. The summed E-state index contributed by atoms with van der Waals surface area (Å²) < 4.78 is 59.8. The molecule has 0 amide bonds. The molecule has 0 bridgehead atoms. The van der Waals surface area contributed by atoms with Crippen LogP contribution in [0.2, 0.25) is 0 Å². The molecule has 0 saturated heterocycles. The molecule has 146 valence electrons. The lowest BCUT2D eigenvalue weighted by atomic mass is 10.2. The number of ether oxygens (including phenoxy) is 2. The molecule has 0 radical (unpaired) electrons. The summed E-state index contributed by atoms with van der Waals surface area (Å²) in [6.07, 6.45) is 0. The molecule has 9 heteroatoms. The molecular weight excluding hydrogens is 380 g/mol. The summed E-state index contributed by atoms with van der Waals surface area (Å²) in [4.78, 5) is 11.7. The van der Waals surface area contributed by atoms with Gasteiger partial charge in [-0.15, -0.1) is 0 Å². The van der Waals surface area contributed by atoms with Crippen molar-refractivity contribution in [1.82, 2.24) is 4.31 Å². The van der Waals surface area contributed by atoms with Crippen LogP contribution in [0.4, 0.5) is 8.78 Å². The number of nitrogens with zero attached hydrogens (tertiary/aromatic N) is 1. The molecule has 0 fully saturated rings. The predicted octanol–water partition coefficient (Wildman–Crippen LogP) is 3.29. The molecule has 0 heterocycles. The monoisotopic (exact) mass is 399 g/mol. The molecule has 0 aliphatic rings. The van der Waals surface area contributed by atoms with Crippen LogP contribution in [0.5, 0.6) is 5.75 Å². The SMILES string of the molecule is CCOC(=O)c1ccc(S(=O)(=O)N(C)Cc2ccc(OC(F)F)cc2)cc1. The first kappa shape index (κ1) is 20.8. The smallest absolute Gasteiger partial charge is 0.387 e. The van der Waals surface area contributed by atoms with Crippen molar-refractivity contribution in [3.8, 4) is 5.75 Å². The number of esters is 1. The van der Waals surface area contributed by atoms with Gasteiger partial charge in [0.05, 0.1) is 17.1 Å². The Morgan fingerprint density at radius 1 is 1.07 bits per heavy atom. The molecule has 2 rings (SSSR count). The van der Waals surface area contributed by atoms with E-state index >= 15 is 0 Å². The van der Waals surface area contributed by atoms with Crippen molar-refractivity contribution in [3.05, 3.63) is 59.7 Å². The molecule has 6 nitrogen and oxygen atoms in total. The highest BCUT2D eigenvalue weighted by molar-refractivity contribution is 7.89. The van der Waals surface area contributed by atoms with Crippen molar-refractivity contribution < 1.29 is 31.5 Å². The van der Waals surface area contributed by atoms with Gasteiger partial charge in [0.1, 0.15) is 5.75 Å². The van der Waals surface area contributed by atoms with Crippen LogP contribution < -0.4 is 4.74 Å². The average Bonchev–Trinajstić information content (AvgIpc) is 2.63. The molecule has 0 atom stereocenters. The second-order valence-corrected chi connectivity index (χ2v) is 7.57. The second kappa shape index (κ2) is 8.92. The third kappa shape index (κ3) is 5.48. The van der Waals surface area contributed by atoms with Gasteiger partial charge < -0.3 is 9.47 Å². The van der Waals surface area contributed by atoms with Crippen molar-refractivity contribution in [1.29, 1.82) is 0 Å². The van der Waals surface area contributed by atoms with Crippen LogP contribution >= 0.6 is 0 Å². The fourth-order valence-electron chi connectivity index (χ4n) is 2.28. The highest BCUT2D eigenvalue weighted by Crippen LogP contribution is 2.20. The zero-order valence-electron chi connectivity index (χ0n) is 14.8. The van der Waals surface area contributed by atoms with E-state index in [0.29, 0.717) is 5.56 Å². The summed E-state index contributed by atoms with van der Waals surface area (Å²) in [6.45, 7) is -0.978. The van der Waals surface area contributed by atoms with Crippen LogP contribution in [0.3, 0.4) is 0 Å². The van der Waals surface area contributed by atoms with Crippen molar-refractivity contribution in [3.63, 3.8) is 0 Å². The fraction of sp³-hybridized carbons (Fsp3) is 0.278. The number of rotatable bonds is 8. The summed E-state index contributed by atoms with van der Waals surface area (Å²) >= 11 is 0. The van der Waals surface area contributed by atoms with Crippen LogP contribution in [0.15, 0.2) is 53.4 Å². The molecule has 2 aromatic rings. The number of hydrogen-bond donors (Lipinski definition) is 0. The van der Waals surface area contributed by atoms with Crippen molar-refractivity contribution in [2.45, 2.75) is 25.0 Å². The maximum absolute atomic E-state index is 12.6. The first-order valence-electron chi connectivity index (χ1n) is 8.01. The van der Waals surface area contributed by atoms with Gasteiger partial charge in [0.25, 0.3) is 0 Å². The van der Waals surface area contributed by atoms with Gasteiger partial charge >= 0.3 is 12.6 Å². The van der Waals surface area contributed by atoms with Crippen molar-refractivity contribution in [2.24, 2.45) is 0 Å². The van der Waals surface area contributed by atoms with E-state index in [0.717, 1.165) is 4.31 Å². The van der Waals surface area contributed by atoms with Gasteiger partial charge in [-0.05, 0) is 48.9 Å². The largest absolute Gasteiger partial charge is 0.462 e. The highest BCUT2D eigenvalue weighted by atomic mass is 32.2. The van der Waals surface area contributed by atoms with E-state index in [1.165, 1.54) is 55.6 Å². The Labute approximate surface area is 156 Å². The number of carbonyl (C=O) groups is 1. The number of carbonyl (C=O) groups excluding carboxylic acids is 1. The summed E-state index contributed by atoms with van der Waals surface area (Å²) in [5.74, 6) is -0.533. The lowest BCUT2D eigenvalue weighted by Crippen LogP contribution is -2.26. The summed E-state index contributed by atoms with van der Waals surface area (Å²) in [5.41, 5.74) is 0.860. The Balaban J connectivity index is 2.10. The maximum atomic E-state index is 12.6. The Hall–Kier alpha value is -2.52. The highest BCUT2D eigenvalue weighted by Gasteiger charge is 2.21. The number of benzene rings is 2. The lowest BCUT2D eigenvalue weighted by molar-refractivity contribution is -0.0498. The molecule has 0 aliphatic carbocycles. The van der Waals surface area contributed by atoms with Crippen LogP contribution in [0.1, 0.15) is 22.8 Å². The van der Waals surface area contributed by atoms with Crippen molar-refractivity contribution >= 4 is 16.0 Å². The Morgan fingerprint density at radius 3 is 2.19 bits per heavy atom. The molecule has 0 aromatic heterocycles. The number of halogens is 2. The average molecular weight is 399 g/mol. The third-order valence-electron chi connectivity index (χ3n) is 3.63. The van der Waals surface area contributed by atoms with Crippen LogP contribution in [-0.2, 0) is 21.3 Å². The van der Waals surface area contributed by atoms with E-state index in [-0.39, 0.29) is 29.4 Å². The van der Waals surface area contributed by atoms with Crippen LogP contribution in [0, 0.1) is 0 Å². The third-order valence-corrected chi connectivity index (χ3v) is 5.45. The van der Waals surface area contributed by atoms with E-state index < -0.39 is 22.6 Å². The van der Waals surface area contributed by atoms with E-state index in [1.807, 2.05) is 0 Å². The maximum Gasteiger partial charge on any atom is 0.387 e. The summed E-state index contributed by atoms with van der Waals surface area (Å²) in [5, 5.41) is 0. The molecule has 0 unspecified atom stereocenters. The van der Waals surface area contributed by atoms with Gasteiger partial charge in [-0.1, -0.05) is 12.1 Å². The zero-order valence-corrected chi connectivity index (χ0v) is 15.6. The molecule has 0 aliphatic heterocycles. The van der Waals surface area contributed by atoms with Gasteiger partial charge in [-0.3, -0.25) is 0 Å². The van der Waals surface area contributed by atoms with E-state index in [1.54, 1.807) is 6.92 Å². The lowest BCUT2D eigenvalue weighted by Gasteiger charge is -2.17. The molecule has 27 heavy (non-hydrogen) atoms. The first-order valence-corrected chi connectivity index (χ1v) is 9.45. The summed E-state index contributed by atoms with van der Waals surface area (Å²) in [7, 11) is -2.39. The molecule has 0 spiro atoms. The zero-order chi connectivity index (χ0) is 20.0. The van der Waals surface area contributed by atoms with Crippen LogP contribution in [0.25, 0.3) is 0 Å². The van der Waals surface area contributed by atoms with E-state index in [9.17, 15) is 22.0 Å². The van der Waals surface area contributed by atoms with Gasteiger partial charge in [0.15, 0.2) is 0 Å². The summed E-state index contributed by atoms with van der Waals surface area (Å²) in [6, 6.07) is 11.1. The normalized spacial score (nSPS) is 11.6. The quantitative estimate of drug-likeness (QED) is 0.637. The van der Waals surface area contributed by atoms with Gasteiger partial charge in [0, 0.05) is 13.6 Å². The fourth-order valence-corrected chi connectivity index (χ4v) is 3.43. The Bertz CT molecular complexity index is 868. The second-order valence-electron chi connectivity index (χ2n) is 5.53. The van der Waals surface area contributed by atoms with Gasteiger partial charge in [0.2, 0.25) is 10.0 Å². The first-order chi connectivity index (χ1) is 12.7. The van der Waals surface area contributed by atoms with Crippen LogP contribution in [-0.4, -0.2) is 39.0 Å². The van der Waals surface area contributed by atoms with E-state index in [4.69, 9.17) is 4.74 Å². The molecule has 0 saturated carbocycles. The number of alkyl halides is 2. The molecule has 0 N–H and O–H groups in total. The van der Waals surface area contributed by atoms with Crippen molar-refractivity contribution in [2.75, 3.05) is 13.7 Å². The minimum absolute atomic E-state index is 0.00573. The Kier molecular flexibility index (Phi) is 6.86. The molecule has 2 aromatic carbocycles. The number of sulfonamides is 1. The standard InChI is InChI=1S/C18H19F2NO5S/c1-3-25-17(22)14-6-10-16(11-7-14)27(23,24)21(2)12-13-4-8-15(9-5-13)26-18(19)20/h4-11,18H,3,12H2,1-2H3. The topological polar surface area (TPSA) is 72.9 Å². The van der Waals surface area contributed by atoms with Gasteiger partial charge in [-0.25, -0.2) is 13.2 Å². The number of hydrogen-bond acceptors (Lipinski definition) is 5. The van der Waals surface area contributed by atoms with Gasteiger partial charge in [-0.2, -0.15) is 13.1 Å². The Morgan fingerprint density at radius 2 is 1.67 bits per heavy atom.